The number of aliphatic carboxylic acids is 1. The molecule has 8 heteroatoms. The summed E-state index contributed by atoms with van der Waals surface area (Å²) in [5, 5.41) is 20.8. The number of carboxylic acid groups (broad SMARTS) is 1. The molecule has 178 valence electrons. The predicted octanol–water partition coefficient (Wildman–Crippen LogP) is 5.65. The van der Waals surface area contributed by atoms with Gasteiger partial charge in [0.05, 0.1) is 11.7 Å². The second-order valence-electron chi connectivity index (χ2n) is 9.47. The summed E-state index contributed by atoms with van der Waals surface area (Å²) < 4.78 is 5.65. The van der Waals surface area contributed by atoms with E-state index >= 15 is 0 Å². The van der Waals surface area contributed by atoms with E-state index in [-0.39, 0.29) is 11.3 Å². The van der Waals surface area contributed by atoms with Crippen molar-refractivity contribution in [3.63, 3.8) is 0 Å². The number of carbonyl (C=O) groups excluding carboxylic acids is 1. The molecule has 5 rings (SSSR count). The van der Waals surface area contributed by atoms with E-state index in [0.29, 0.717) is 17.0 Å². The lowest BCUT2D eigenvalue weighted by Crippen LogP contribution is -2.30. The second-order valence-corrected chi connectivity index (χ2v) is 10.2. The average molecular weight is 488 g/mol. The van der Waals surface area contributed by atoms with Gasteiger partial charge in [-0.05, 0) is 46.2 Å². The highest BCUT2D eigenvalue weighted by Crippen LogP contribution is 2.47. The Hall–Kier alpha value is -3.91. The smallest absolute Gasteiger partial charge is 0.341 e. The summed E-state index contributed by atoms with van der Waals surface area (Å²) in [6, 6.07) is 16.7. The molecule has 1 amide bonds. The first-order valence-corrected chi connectivity index (χ1v) is 12.2. The van der Waals surface area contributed by atoms with E-state index in [4.69, 9.17) is 4.74 Å². The van der Waals surface area contributed by atoms with Gasteiger partial charge < -0.3 is 9.84 Å². The number of thiophene rings is 1. The number of carboxylic acids is 1. The third-order valence-corrected chi connectivity index (χ3v) is 6.73. The van der Waals surface area contributed by atoms with Crippen molar-refractivity contribution in [2.24, 2.45) is 0 Å². The number of hydrogen-bond acceptors (Lipinski definition) is 5. The number of fused-ring (bicyclic) bond motifs is 1. The van der Waals surface area contributed by atoms with Crippen LogP contribution in [0.2, 0.25) is 0 Å². The molecule has 2 aromatic heterocycles. The van der Waals surface area contributed by atoms with Gasteiger partial charge in [-0.25, -0.2) is 4.79 Å². The van der Waals surface area contributed by atoms with Crippen molar-refractivity contribution in [3.05, 3.63) is 87.9 Å². The van der Waals surface area contributed by atoms with Crippen molar-refractivity contribution in [2.75, 3.05) is 11.5 Å². The molecule has 0 bridgehead atoms. The van der Waals surface area contributed by atoms with Crippen molar-refractivity contribution in [2.45, 2.75) is 32.2 Å². The summed E-state index contributed by atoms with van der Waals surface area (Å²) in [6.45, 7) is 5.68. The lowest BCUT2D eigenvalue weighted by molar-refractivity contribution is -0.139. The van der Waals surface area contributed by atoms with Gasteiger partial charge >= 0.3 is 5.97 Å². The number of aromatic amines is 1. The zero-order chi connectivity index (χ0) is 24.7. The van der Waals surface area contributed by atoms with Gasteiger partial charge in [0.2, 0.25) is 0 Å². The van der Waals surface area contributed by atoms with Crippen LogP contribution >= 0.6 is 11.3 Å². The molecule has 1 aliphatic heterocycles. The fraction of sp³-hybridized carbons (Fsp3) is 0.222. The quantitative estimate of drug-likeness (QED) is 0.366. The summed E-state index contributed by atoms with van der Waals surface area (Å²) in [5.74, 6) is -0.839. The molecule has 0 aliphatic carbocycles. The molecule has 0 fully saturated rings. The number of nitrogens with one attached hydrogen (secondary N) is 1. The van der Waals surface area contributed by atoms with Crippen LogP contribution in [-0.2, 0) is 10.2 Å². The third kappa shape index (κ3) is 4.10. The zero-order valence-corrected chi connectivity index (χ0v) is 20.4. The lowest BCUT2D eigenvalue weighted by atomic mass is 9.85. The molecule has 7 nitrogen and oxygen atoms in total. The van der Waals surface area contributed by atoms with Crippen molar-refractivity contribution >= 4 is 28.9 Å². The van der Waals surface area contributed by atoms with E-state index in [1.54, 1.807) is 28.4 Å². The number of amides is 1. The number of ether oxygens (including phenoxy) is 1. The van der Waals surface area contributed by atoms with Crippen LogP contribution in [0, 0.1) is 0 Å². The van der Waals surface area contributed by atoms with Gasteiger partial charge in [-0.2, -0.15) is 16.4 Å². The van der Waals surface area contributed by atoms with Crippen LogP contribution in [0.25, 0.3) is 11.1 Å². The third-order valence-electron chi connectivity index (χ3n) is 6.04. The van der Waals surface area contributed by atoms with E-state index in [1.165, 1.54) is 0 Å². The fourth-order valence-corrected chi connectivity index (χ4v) is 5.16. The van der Waals surface area contributed by atoms with Crippen molar-refractivity contribution in [1.29, 1.82) is 0 Å². The van der Waals surface area contributed by atoms with E-state index in [9.17, 15) is 14.7 Å². The number of H-pyrrole nitrogens is 1. The number of rotatable bonds is 6. The largest absolute Gasteiger partial charge is 0.482 e. The first-order chi connectivity index (χ1) is 16.8. The minimum Gasteiger partial charge on any atom is -0.482 e. The zero-order valence-electron chi connectivity index (χ0n) is 19.6. The summed E-state index contributed by atoms with van der Waals surface area (Å²) in [5.41, 5.74) is 5.33. The average Bonchev–Trinajstić information content (AvgIpc) is 3.56. The highest BCUT2D eigenvalue weighted by molar-refractivity contribution is 7.08. The SMILES string of the molecule is CC(C)(C)c1n[nH]c2c1C(c1ccccc1OCC(=O)O)N(c1ccc(-c3ccsc3)cc1)C2=O. The molecule has 1 aliphatic rings. The Morgan fingerprint density at radius 2 is 1.86 bits per heavy atom. The molecular weight excluding hydrogens is 462 g/mol. The minimum atomic E-state index is -1.07. The number of benzene rings is 2. The standard InChI is InChI=1S/C27H25N3O4S/c1-27(2,3)25-22-23(28-29-25)26(33)30(18-10-8-16(9-11-18)17-12-13-35-15-17)24(22)19-6-4-5-7-20(19)34-14-21(31)32/h4-13,15,24H,14H2,1-3H3,(H,28,29)(H,31,32). The van der Waals surface area contributed by atoms with Gasteiger partial charge in [0.15, 0.2) is 6.61 Å². The van der Waals surface area contributed by atoms with Crippen molar-refractivity contribution in [3.8, 4) is 16.9 Å². The van der Waals surface area contributed by atoms with E-state index in [1.807, 2.05) is 41.8 Å². The summed E-state index contributed by atoms with van der Waals surface area (Å²) in [4.78, 5) is 26.7. The number of hydrogen-bond donors (Lipinski definition) is 2. The van der Waals surface area contributed by atoms with Gasteiger partial charge in [0, 0.05) is 22.2 Å². The number of anilines is 1. The Balaban J connectivity index is 1.65. The summed E-state index contributed by atoms with van der Waals surface area (Å²) in [7, 11) is 0. The maximum absolute atomic E-state index is 13.7. The highest BCUT2D eigenvalue weighted by Gasteiger charge is 2.45. The molecule has 0 spiro atoms. The maximum Gasteiger partial charge on any atom is 0.341 e. The Labute approximate surface area is 207 Å². The Morgan fingerprint density at radius 1 is 1.11 bits per heavy atom. The van der Waals surface area contributed by atoms with E-state index < -0.39 is 18.6 Å². The molecule has 4 aromatic rings. The predicted molar refractivity (Wildman–Crippen MR) is 135 cm³/mol. The molecule has 3 heterocycles. The molecule has 2 N–H and O–H groups in total. The Morgan fingerprint density at radius 3 is 2.51 bits per heavy atom. The highest BCUT2D eigenvalue weighted by atomic mass is 32.1. The van der Waals surface area contributed by atoms with Crippen LogP contribution in [-0.4, -0.2) is 33.8 Å². The molecule has 1 atom stereocenters. The monoisotopic (exact) mass is 487 g/mol. The van der Waals surface area contributed by atoms with Crippen molar-refractivity contribution in [1.82, 2.24) is 10.2 Å². The topological polar surface area (TPSA) is 95.5 Å². The minimum absolute atomic E-state index is 0.190. The molecular formula is C27H25N3O4S. The van der Waals surface area contributed by atoms with E-state index in [0.717, 1.165) is 28.1 Å². The number of carbonyl (C=O) groups is 2. The van der Waals surface area contributed by atoms with Crippen LogP contribution < -0.4 is 9.64 Å². The van der Waals surface area contributed by atoms with Crippen LogP contribution in [0.3, 0.4) is 0 Å². The van der Waals surface area contributed by atoms with Crippen LogP contribution in [0.15, 0.2) is 65.4 Å². The number of nitrogens with zero attached hydrogens (tertiary/aromatic N) is 2. The van der Waals surface area contributed by atoms with Gasteiger partial charge in [0.1, 0.15) is 11.4 Å². The normalized spacial score (nSPS) is 15.3. The molecule has 2 aromatic carbocycles. The van der Waals surface area contributed by atoms with Crippen LogP contribution in [0.5, 0.6) is 5.75 Å². The number of para-hydroxylation sites is 1. The van der Waals surface area contributed by atoms with Gasteiger partial charge in [-0.15, -0.1) is 0 Å². The van der Waals surface area contributed by atoms with Gasteiger partial charge in [-0.1, -0.05) is 51.1 Å². The molecule has 0 saturated carbocycles. The summed E-state index contributed by atoms with van der Waals surface area (Å²) in [6.07, 6.45) is 0. The van der Waals surface area contributed by atoms with Crippen molar-refractivity contribution < 1.29 is 19.4 Å². The first-order valence-electron chi connectivity index (χ1n) is 11.2. The first kappa shape index (κ1) is 22.9. The molecule has 0 saturated heterocycles. The van der Waals surface area contributed by atoms with Crippen LogP contribution in [0.4, 0.5) is 5.69 Å². The fourth-order valence-electron chi connectivity index (χ4n) is 4.50. The number of aromatic nitrogens is 2. The molecule has 1 unspecified atom stereocenters. The van der Waals surface area contributed by atoms with E-state index in [2.05, 4.69) is 42.4 Å². The second kappa shape index (κ2) is 8.70. The Bertz CT molecular complexity index is 1380. The summed E-state index contributed by atoms with van der Waals surface area (Å²) >= 11 is 1.64. The van der Waals surface area contributed by atoms with Gasteiger partial charge in [0.25, 0.3) is 5.91 Å². The molecule has 35 heavy (non-hydrogen) atoms. The molecule has 0 radical (unpaired) electrons. The maximum atomic E-state index is 13.7. The van der Waals surface area contributed by atoms with Gasteiger partial charge in [-0.3, -0.25) is 14.8 Å². The lowest BCUT2D eigenvalue weighted by Gasteiger charge is -2.29. The van der Waals surface area contributed by atoms with Crippen LogP contribution in [0.1, 0.15) is 54.1 Å². The Kier molecular flexibility index (Phi) is 5.68.